The van der Waals surface area contributed by atoms with Crippen LogP contribution in [0.3, 0.4) is 0 Å². The maximum Gasteiger partial charge on any atom is 0.0455 e. The summed E-state index contributed by atoms with van der Waals surface area (Å²) in [4.78, 5) is 0. The number of halogens is 2. The first-order chi connectivity index (χ1) is 9.46. The van der Waals surface area contributed by atoms with Crippen LogP contribution in [0.15, 0.2) is 48.5 Å². The van der Waals surface area contributed by atoms with Gasteiger partial charge in [-0.2, -0.15) is 0 Å². The fraction of sp³-hybridized carbons (Fsp3) is 0.294. The lowest BCUT2D eigenvalue weighted by Crippen LogP contribution is -2.35. The quantitative estimate of drug-likeness (QED) is 0.815. The molecule has 1 unspecified atom stereocenters. The largest absolute Gasteiger partial charge is 0.312 e. The maximum atomic E-state index is 6.36. The van der Waals surface area contributed by atoms with Crippen LogP contribution in [-0.4, -0.2) is 7.05 Å². The third kappa shape index (κ3) is 3.01. The van der Waals surface area contributed by atoms with E-state index in [2.05, 4.69) is 43.4 Å². The highest BCUT2D eigenvalue weighted by Crippen LogP contribution is 2.39. The number of hydrogen-bond acceptors (Lipinski definition) is 1. The molecule has 2 rings (SSSR count). The molecule has 0 aliphatic heterocycles. The minimum absolute atomic E-state index is 0.0797. The van der Waals surface area contributed by atoms with Gasteiger partial charge in [-0.25, -0.2) is 0 Å². The van der Waals surface area contributed by atoms with Gasteiger partial charge in [-0.05, 0) is 36.4 Å². The van der Waals surface area contributed by atoms with Crippen molar-refractivity contribution < 1.29 is 0 Å². The normalized spacial score (nSPS) is 13.2. The summed E-state index contributed by atoms with van der Waals surface area (Å²) in [5, 5.41) is 4.82. The Balaban J connectivity index is 2.49. The standard InChI is InChI=1S/C17H19Cl2N/c1-17(2,12-7-5-4-6-8-12)16(20-3)14-11-13(18)9-10-15(14)19/h4-11,16,20H,1-3H3. The second-order valence-electron chi connectivity index (χ2n) is 5.48. The number of nitrogens with one attached hydrogen (secondary N) is 1. The van der Waals surface area contributed by atoms with Gasteiger partial charge in [-0.1, -0.05) is 67.4 Å². The van der Waals surface area contributed by atoms with Crippen molar-refractivity contribution in [3.63, 3.8) is 0 Å². The SMILES string of the molecule is CNC(c1cc(Cl)ccc1Cl)C(C)(C)c1ccccc1. The van der Waals surface area contributed by atoms with E-state index in [0.29, 0.717) is 5.02 Å². The van der Waals surface area contributed by atoms with Crippen molar-refractivity contribution in [1.29, 1.82) is 0 Å². The monoisotopic (exact) mass is 307 g/mol. The third-order valence-corrected chi connectivity index (χ3v) is 4.38. The summed E-state index contributed by atoms with van der Waals surface area (Å²) in [7, 11) is 1.95. The van der Waals surface area contributed by atoms with Gasteiger partial charge in [0.2, 0.25) is 0 Å². The Morgan fingerprint density at radius 1 is 1.00 bits per heavy atom. The van der Waals surface area contributed by atoms with Crippen molar-refractivity contribution in [3.05, 3.63) is 69.7 Å². The molecule has 0 saturated carbocycles. The summed E-state index contributed by atoms with van der Waals surface area (Å²) in [5.74, 6) is 0. The lowest BCUT2D eigenvalue weighted by molar-refractivity contribution is 0.369. The number of hydrogen-bond donors (Lipinski definition) is 1. The highest BCUT2D eigenvalue weighted by molar-refractivity contribution is 6.33. The van der Waals surface area contributed by atoms with Gasteiger partial charge in [-0.15, -0.1) is 0 Å². The van der Waals surface area contributed by atoms with Gasteiger partial charge in [0.15, 0.2) is 0 Å². The Hall–Kier alpha value is -1.02. The predicted octanol–water partition coefficient (Wildman–Crippen LogP) is 5.23. The van der Waals surface area contributed by atoms with E-state index in [4.69, 9.17) is 23.2 Å². The van der Waals surface area contributed by atoms with Gasteiger partial charge in [-0.3, -0.25) is 0 Å². The zero-order valence-corrected chi connectivity index (χ0v) is 13.5. The minimum atomic E-state index is -0.107. The Morgan fingerprint density at radius 2 is 1.65 bits per heavy atom. The Labute approximate surface area is 130 Å². The van der Waals surface area contributed by atoms with Crippen LogP contribution < -0.4 is 5.32 Å². The number of benzene rings is 2. The molecule has 2 aromatic rings. The topological polar surface area (TPSA) is 12.0 Å². The molecule has 0 bridgehead atoms. The van der Waals surface area contributed by atoms with Crippen LogP contribution in [-0.2, 0) is 5.41 Å². The molecule has 20 heavy (non-hydrogen) atoms. The van der Waals surface area contributed by atoms with Crippen molar-refractivity contribution in [3.8, 4) is 0 Å². The lowest BCUT2D eigenvalue weighted by Gasteiger charge is -2.35. The molecule has 0 radical (unpaired) electrons. The molecule has 0 spiro atoms. The lowest BCUT2D eigenvalue weighted by atomic mass is 9.75. The molecular formula is C17H19Cl2N. The highest BCUT2D eigenvalue weighted by atomic mass is 35.5. The minimum Gasteiger partial charge on any atom is -0.312 e. The van der Waals surface area contributed by atoms with Crippen LogP contribution in [0, 0.1) is 0 Å². The molecule has 0 amide bonds. The summed E-state index contributed by atoms with van der Waals surface area (Å²) < 4.78 is 0. The van der Waals surface area contributed by atoms with Gasteiger partial charge in [0.05, 0.1) is 0 Å². The molecular weight excluding hydrogens is 289 g/mol. The van der Waals surface area contributed by atoms with Crippen LogP contribution in [0.1, 0.15) is 31.0 Å². The fourth-order valence-corrected chi connectivity index (χ4v) is 3.08. The molecule has 0 aromatic heterocycles. The van der Waals surface area contributed by atoms with Crippen molar-refractivity contribution >= 4 is 23.2 Å². The second kappa shape index (κ2) is 6.17. The van der Waals surface area contributed by atoms with E-state index in [9.17, 15) is 0 Å². The van der Waals surface area contributed by atoms with Gasteiger partial charge in [0, 0.05) is 21.5 Å². The first-order valence-corrected chi connectivity index (χ1v) is 7.40. The molecule has 0 aliphatic rings. The zero-order valence-electron chi connectivity index (χ0n) is 12.0. The van der Waals surface area contributed by atoms with Crippen LogP contribution in [0.5, 0.6) is 0 Å². The molecule has 1 atom stereocenters. The number of rotatable bonds is 4. The molecule has 3 heteroatoms. The van der Waals surface area contributed by atoms with E-state index in [1.807, 2.05) is 31.3 Å². The molecule has 1 N–H and O–H groups in total. The van der Waals surface area contributed by atoms with Crippen LogP contribution >= 0.6 is 23.2 Å². The van der Waals surface area contributed by atoms with Crippen molar-refractivity contribution in [2.75, 3.05) is 7.05 Å². The van der Waals surface area contributed by atoms with Crippen LogP contribution in [0.25, 0.3) is 0 Å². The van der Waals surface area contributed by atoms with E-state index in [1.165, 1.54) is 5.56 Å². The zero-order chi connectivity index (χ0) is 14.8. The van der Waals surface area contributed by atoms with Crippen molar-refractivity contribution in [1.82, 2.24) is 5.32 Å². The number of likely N-dealkylation sites (N-methyl/N-ethyl adjacent to an activating group) is 1. The summed E-state index contributed by atoms with van der Waals surface area (Å²) in [6.45, 7) is 4.42. The van der Waals surface area contributed by atoms with Gasteiger partial charge < -0.3 is 5.32 Å². The molecule has 0 saturated heterocycles. The Kier molecular flexibility index (Phi) is 4.74. The summed E-state index contributed by atoms with van der Waals surface area (Å²) in [5.41, 5.74) is 2.18. The smallest absolute Gasteiger partial charge is 0.0455 e. The fourth-order valence-electron chi connectivity index (χ4n) is 2.68. The first-order valence-electron chi connectivity index (χ1n) is 6.64. The average Bonchev–Trinajstić information content (AvgIpc) is 2.44. The van der Waals surface area contributed by atoms with E-state index in [0.717, 1.165) is 10.6 Å². The Bertz CT molecular complexity index is 579. The highest BCUT2D eigenvalue weighted by Gasteiger charge is 2.32. The van der Waals surface area contributed by atoms with Crippen LogP contribution in [0.4, 0.5) is 0 Å². The van der Waals surface area contributed by atoms with Crippen LogP contribution in [0.2, 0.25) is 10.0 Å². The summed E-state index contributed by atoms with van der Waals surface area (Å²) >= 11 is 12.5. The molecule has 0 heterocycles. The second-order valence-corrected chi connectivity index (χ2v) is 6.32. The van der Waals surface area contributed by atoms with Gasteiger partial charge in [0.1, 0.15) is 0 Å². The van der Waals surface area contributed by atoms with Crippen molar-refractivity contribution in [2.24, 2.45) is 0 Å². The van der Waals surface area contributed by atoms with E-state index in [1.54, 1.807) is 0 Å². The molecule has 1 nitrogen and oxygen atoms in total. The predicted molar refractivity (Wildman–Crippen MR) is 87.7 cm³/mol. The third-order valence-electron chi connectivity index (χ3n) is 3.80. The molecule has 106 valence electrons. The first kappa shape index (κ1) is 15.4. The van der Waals surface area contributed by atoms with Gasteiger partial charge >= 0.3 is 0 Å². The summed E-state index contributed by atoms with van der Waals surface area (Å²) in [6.07, 6.45) is 0. The van der Waals surface area contributed by atoms with E-state index in [-0.39, 0.29) is 11.5 Å². The Morgan fingerprint density at radius 3 is 2.25 bits per heavy atom. The molecule has 2 aromatic carbocycles. The van der Waals surface area contributed by atoms with Crippen molar-refractivity contribution in [2.45, 2.75) is 25.3 Å². The average molecular weight is 308 g/mol. The molecule has 0 fully saturated rings. The molecule has 0 aliphatic carbocycles. The summed E-state index contributed by atoms with van der Waals surface area (Å²) in [6, 6.07) is 16.1. The van der Waals surface area contributed by atoms with Gasteiger partial charge in [0.25, 0.3) is 0 Å². The van der Waals surface area contributed by atoms with E-state index >= 15 is 0 Å². The maximum absolute atomic E-state index is 6.36. The van der Waals surface area contributed by atoms with E-state index < -0.39 is 0 Å².